The highest BCUT2D eigenvalue weighted by Crippen LogP contribution is 2.43. The molecule has 2 N–H and O–H groups in total. The first-order valence-electron chi connectivity index (χ1n) is 7.81. The number of rotatable bonds is 6. The fourth-order valence-corrected chi connectivity index (χ4v) is 2.82. The third kappa shape index (κ3) is 4.87. The van der Waals surface area contributed by atoms with Crippen LogP contribution in [0.4, 0.5) is 0 Å². The van der Waals surface area contributed by atoms with Crippen molar-refractivity contribution in [3.05, 3.63) is 35.9 Å². The largest absolute Gasteiger partial charge is 0.356 e. The zero-order chi connectivity index (χ0) is 14.3. The van der Waals surface area contributed by atoms with Gasteiger partial charge in [0, 0.05) is 25.6 Å². The lowest BCUT2D eigenvalue weighted by atomic mass is 9.64. The summed E-state index contributed by atoms with van der Waals surface area (Å²) in [5.74, 6) is 0.931. The molecule has 118 valence electrons. The Hall–Kier alpha value is -0.780. The van der Waals surface area contributed by atoms with E-state index in [4.69, 9.17) is 0 Å². The maximum absolute atomic E-state index is 4.31. The summed E-state index contributed by atoms with van der Waals surface area (Å²) in [6, 6.07) is 10.9. The van der Waals surface area contributed by atoms with Crippen molar-refractivity contribution in [2.45, 2.75) is 44.4 Å². The molecule has 0 heterocycles. The maximum atomic E-state index is 4.31. The van der Waals surface area contributed by atoms with Crippen LogP contribution in [0.15, 0.2) is 35.3 Å². The lowest BCUT2D eigenvalue weighted by molar-refractivity contribution is 0.244. The van der Waals surface area contributed by atoms with Gasteiger partial charge in [-0.3, -0.25) is 4.99 Å². The van der Waals surface area contributed by atoms with Crippen LogP contribution < -0.4 is 10.6 Å². The SMILES string of the molecule is CCCCNC(=NC)NCC1(c2ccccc2)CCC1.I. The molecule has 0 aromatic heterocycles. The Labute approximate surface area is 146 Å². The molecule has 0 unspecified atom stereocenters. The number of halogens is 1. The Morgan fingerprint density at radius 2 is 1.90 bits per heavy atom. The lowest BCUT2D eigenvalue weighted by Crippen LogP contribution is -2.49. The average Bonchev–Trinajstić information content (AvgIpc) is 2.45. The van der Waals surface area contributed by atoms with E-state index in [2.05, 4.69) is 52.9 Å². The van der Waals surface area contributed by atoms with Gasteiger partial charge in [-0.05, 0) is 24.8 Å². The van der Waals surface area contributed by atoms with Gasteiger partial charge in [0.1, 0.15) is 0 Å². The Bertz CT molecular complexity index is 427. The highest BCUT2D eigenvalue weighted by Gasteiger charge is 2.38. The predicted molar refractivity (Wildman–Crippen MR) is 102 cm³/mol. The molecule has 0 aliphatic heterocycles. The van der Waals surface area contributed by atoms with Gasteiger partial charge in [-0.15, -0.1) is 24.0 Å². The lowest BCUT2D eigenvalue weighted by Gasteiger charge is -2.43. The summed E-state index contributed by atoms with van der Waals surface area (Å²) < 4.78 is 0. The van der Waals surface area contributed by atoms with Crippen molar-refractivity contribution in [1.29, 1.82) is 0 Å². The molecule has 0 bridgehead atoms. The molecule has 21 heavy (non-hydrogen) atoms. The van der Waals surface area contributed by atoms with Crippen LogP contribution in [0.3, 0.4) is 0 Å². The minimum Gasteiger partial charge on any atom is -0.356 e. The zero-order valence-corrected chi connectivity index (χ0v) is 15.5. The van der Waals surface area contributed by atoms with Crippen molar-refractivity contribution in [1.82, 2.24) is 10.6 Å². The third-order valence-corrected chi connectivity index (χ3v) is 4.34. The highest BCUT2D eigenvalue weighted by molar-refractivity contribution is 14.0. The number of guanidine groups is 1. The zero-order valence-electron chi connectivity index (χ0n) is 13.2. The summed E-state index contributed by atoms with van der Waals surface area (Å²) in [4.78, 5) is 4.31. The van der Waals surface area contributed by atoms with Gasteiger partial charge in [-0.25, -0.2) is 0 Å². The number of benzene rings is 1. The summed E-state index contributed by atoms with van der Waals surface area (Å²) in [5.41, 5.74) is 1.77. The van der Waals surface area contributed by atoms with E-state index in [0.717, 1.165) is 19.0 Å². The van der Waals surface area contributed by atoms with Crippen LogP contribution in [0.25, 0.3) is 0 Å². The summed E-state index contributed by atoms with van der Waals surface area (Å²) in [6.07, 6.45) is 6.27. The van der Waals surface area contributed by atoms with Crippen molar-refractivity contribution in [2.24, 2.45) is 4.99 Å². The number of aliphatic imine (C=N–C) groups is 1. The topological polar surface area (TPSA) is 36.4 Å². The molecule has 0 spiro atoms. The summed E-state index contributed by atoms with van der Waals surface area (Å²) in [7, 11) is 1.84. The molecule has 1 fully saturated rings. The van der Waals surface area contributed by atoms with Crippen LogP contribution in [-0.2, 0) is 5.41 Å². The first-order valence-corrected chi connectivity index (χ1v) is 7.81. The molecule has 1 aliphatic carbocycles. The van der Waals surface area contributed by atoms with Crippen LogP contribution in [-0.4, -0.2) is 26.1 Å². The van der Waals surface area contributed by atoms with Crippen LogP contribution in [0, 0.1) is 0 Å². The van der Waals surface area contributed by atoms with Crippen LogP contribution in [0.2, 0.25) is 0 Å². The summed E-state index contributed by atoms with van der Waals surface area (Å²) in [6.45, 7) is 4.17. The minimum absolute atomic E-state index is 0. The van der Waals surface area contributed by atoms with Crippen LogP contribution in [0.5, 0.6) is 0 Å². The predicted octanol–water partition coefficient (Wildman–Crippen LogP) is 3.69. The van der Waals surface area contributed by atoms with Gasteiger partial charge in [0.2, 0.25) is 0 Å². The number of hydrogen-bond acceptors (Lipinski definition) is 1. The minimum atomic E-state index is 0. The molecule has 0 amide bonds. The van der Waals surface area contributed by atoms with E-state index in [1.807, 2.05) is 7.05 Å². The molecule has 1 aromatic rings. The fraction of sp³-hybridized carbons (Fsp3) is 0.588. The van der Waals surface area contributed by atoms with Gasteiger partial charge in [0.15, 0.2) is 5.96 Å². The van der Waals surface area contributed by atoms with E-state index in [0.29, 0.717) is 5.41 Å². The first kappa shape index (κ1) is 18.3. The second kappa shape index (κ2) is 9.28. The van der Waals surface area contributed by atoms with E-state index < -0.39 is 0 Å². The van der Waals surface area contributed by atoms with Crippen LogP contribution in [0.1, 0.15) is 44.6 Å². The van der Waals surface area contributed by atoms with Crippen molar-refractivity contribution in [2.75, 3.05) is 20.1 Å². The number of unbranched alkanes of at least 4 members (excludes halogenated alkanes) is 1. The average molecular weight is 401 g/mol. The van der Waals surface area contributed by atoms with Gasteiger partial charge in [0.25, 0.3) is 0 Å². The number of nitrogens with zero attached hydrogens (tertiary/aromatic N) is 1. The Kier molecular flexibility index (Phi) is 8.07. The second-order valence-electron chi connectivity index (χ2n) is 5.71. The van der Waals surface area contributed by atoms with E-state index in [9.17, 15) is 0 Å². The highest BCUT2D eigenvalue weighted by atomic mass is 127. The smallest absolute Gasteiger partial charge is 0.191 e. The summed E-state index contributed by atoms with van der Waals surface area (Å²) >= 11 is 0. The molecular weight excluding hydrogens is 373 g/mol. The molecule has 2 rings (SSSR count). The van der Waals surface area contributed by atoms with Crippen molar-refractivity contribution in [3.63, 3.8) is 0 Å². The molecule has 3 nitrogen and oxygen atoms in total. The van der Waals surface area contributed by atoms with Gasteiger partial charge in [-0.2, -0.15) is 0 Å². The Morgan fingerprint density at radius 3 is 2.43 bits per heavy atom. The molecule has 1 aliphatic rings. The number of nitrogens with one attached hydrogen (secondary N) is 2. The Morgan fingerprint density at radius 1 is 1.19 bits per heavy atom. The van der Waals surface area contributed by atoms with Gasteiger partial charge >= 0.3 is 0 Å². The van der Waals surface area contributed by atoms with Gasteiger partial charge < -0.3 is 10.6 Å². The van der Waals surface area contributed by atoms with E-state index in [-0.39, 0.29) is 24.0 Å². The molecule has 4 heteroatoms. The van der Waals surface area contributed by atoms with Crippen molar-refractivity contribution in [3.8, 4) is 0 Å². The maximum Gasteiger partial charge on any atom is 0.191 e. The molecule has 0 saturated heterocycles. The molecule has 0 radical (unpaired) electrons. The van der Waals surface area contributed by atoms with E-state index in [1.165, 1.54) is 37.7 Å². The molecule has 1 aromatic carbocycles. The quantitative estimate of drug-likeness (QED) is 0.330. The molecule has 0 atom stereocenters. The van der Waals surface area contributed by atoms with E-state index >= 15 is 0 Å². The van der Waals surface area contributed by atoms with Gasteiger partial charge in [0.05, 0.1) is 0 Å². The monoisotopic (exact) mass is 401 g/mol. The molecular formula is C17H28IN3. The van der Waals surface area contributed by atoms with Crippen molar-refractivity contribution >= 4 is 29.9 Å². The van der Waals surface area contributed by atoms with E-state index in [1.54, 1.807) is 0 Å². The second-order valence-corrected chi connectivity index (χ2v) is 5.71. The normalized spacial score (nSPS) is 16.6. The Balaban J connectivity index is 0.00000220. The number of hydrogen-bond donors (Lipinski definition) is 2. The third-order valence-electron chi connectivity index (χ3n) is 4.34. The van der Waals surface area contributed by atoms with Crippen molar-refractivity contribution < 1.29 is 0 Å². The van der Waals surface area contributed by atoms with Crippen LogP contribution >= 0.6 is 24.0 Å². The standard InChI is InChI=1S/C17H27N3.HI/c1-3-4-13-19-16(18-2)20-14-17(11-8-12-17)15-9-6-5-7-10-15;/h5-7,9-10H,3-4,8,11-14H2,1-2H3,(H2,18,19,20);1H. The first-order chi connectivity index (χ1) is 9.80. The fourth-order valence-electron chi connectivity index (χ4n) is 2.82. The van der Waals surface area contributed by atoms with Gasteiger partial charge in [-0.1, -0.05) is 50.1 Å². The summed E-state index contributed by atoms with van der Waals surface area (Å²) in [5, 5.41) is 6.89. The molecule has 1 saturated carbocycles.